The maximum absolute atomic E-state index is 13.6. The van der Waals surface area contributed by atoms with Gasteiger partial charge < -0.3 is 0 Å². The first-order chi connectivity index (χ1) is 4.81. The minimum Gasteiger partial charge on any atom is -0.289 e. The fourth-order valence-electron chi connectivity index (χ4n) is 1.34. The summed E-state index contributed by atoms with van der Waals surface area (Å²) < 4.78 is 13.6. The van der Waals surface area contributed by atoms with Crippen molar-refractivity contribution in [2.45, 2.75) is 18.5 Å². The monoisotopic (exact) mass is 139 g/mol. The van der Waals surface area contributed by atoms with E-state index in [1.54, 1.807) is 18.4 Å². The van der Waals surface area contributed by atoms with Crippen LogP contribution < -0.4 is 0 Å². The summed E-state index contributed by atoms with van der Waals surface area (Å²) in [7, 11) is 0. The molecule has 1 aliphatic heterocycles. The topological polar surface area (TPSA) is 12.4 Å². The second-order valence-electron chi connectivity index (χ2n) is 3.05. The zero-order valence-corrected chi connectivity index (χ0v) is 5.76. The van der Waals surface area contributed by atoms with Gasteiger partial charge in [-0.1, -0.05) is 0 Å². The van der Waals surface area contributed by atoms with E-state index in [0.29, 0.717) is 6.54 Å². The first-order valence-electron chi connectivity index (χ1n) is 3.68. The SMILES string of the molecule is FC1(C2CC2)C=CC=NC1. The number of hydrogen-bond donors (Lipinski definition) is 0. The number of allylic oxidation sites excluding steroid dienone is 1. The summed E-state index contributed by atoms with van der Waals surface area (Å²) in [4.78, 5) is 3.90. The van der Waals surface area contributed by atoms with Gasteiger partial charge in [0.1, 0.15) is 0 Å². The van der Waals surface area contributed by atoms with Gasteiger partial charge in [0, 0.05) is 6.21 Å². The molecule has 0 saturated heterocycles. The number of hydrogen-bond acceptors (Lipinski definition) is 1. The van der Waals surface area contributed by atoms with Crippen LogP contribution >= 0.6 is 0 Å². The van der Waals surface area contributed by atoms with E-state index in [4.69, 9.17) is 0 Å². The highest BCUT2D eigenvalue weighted by Gasteiger charge is 2.44. The summed E-state index contributed by atoms with van der Waals surface area (Å²) in [5.41, 5.74) is -1.09. The zero-order valence-electron chi connectivity index (χ0n) is 5.76. The Labute approximate surface area is 59.7 Å². The van der Waals surface area contributed by atoms with Crippen molar-refractivity contribution in [1.29, 1.82) is 0 Å². The van der Waals surface area contributed by atoms with E-state index >= 15 is 0 Å². The molecule has 54 valence electrons. The molecule has 1 nitrogen and oxygen atoms in total. The normalized spacial score (nSPS) is 38.5. The summed E-state index contributed by atoms with van der Waals surface area (Å²) in [6, 6.07) is 0. The van der Waals surface area contributed by atoms with Crippen molar-refractivity contribution >= 4 is 6.21 Å². The van der Waals surface area contributed by atoms with Crippen LogP contribution in [0.25, 0.3) is 0 Å². The summed E-state index contributed by atoms with van der Waals surface area (Å²) in [5, 5.41) is 0. The number of dihydropyridines is 1. The molecule has 0 aromatic heterocycles. The standard InChI is InChI=1S/C8H10FN/c9-8(7-2-3-7)4-1-5-10-6-8/h1,4-5,7H,2-3,6H2. The third-order valence-corrected chi connectivity index (χ3v) is 2.15. The number of rotatable bonds is 1. The lowest BCUT2D eigenvalue weighted by Gasteiger charge is -2.20. The largest absolute Gasteiger partial charge is 0.289 e. The second kappa shape index (κ2) is 1.91. The van der Waals surface area contributed by atoms with Gasteiger partial charge in [0.25, 0.3) is 0 Å². The molecule has 1 unspecified atom stereocenters. The van der Waals surface area contributed by atoms with Gasteiger partial charge in [-0.05, 0) is 30.9 Å². The van der Waals surface area contributed by atoms with Crippen molar-refractivity contribution in [3.05, 3.63) is 12.2 Å². The highest BCUT2D eigenvalue weighted by molar-refractivity contribution is 5.72. The molecule has 1 fully saturated rings. The van der Waals surface area contributed by atoms with Gasteiger partial charge >= 0.3 is 0 Å². The average molecular weight is 139 g/mol. The highest BCUT2D eigenvalue weighted by Crippen LogP contribution is 2.43. The minimum atomic E-state index is -1.09. The molecule has 0 N–H and O–H groups in total. The first kappa shape index (κ1) is 6.08. The molecule has 10 heavy (non-hydrogen) atoms. The Hall–Kier alpha value is -0.660. The number of aliphatic imine (C=N–C) groups is 1. The predicted molar refractivity (Wildman–Crippen MR) is 39.1 cm³/mol. The van der Waals surface area contributed by atoms with E-state index < -0.39 is 5.67 Å². The molecule has 0 spiro atoms. The molecule has 0 amide bonds. The molecule has 1 aliphatic carbocycles. The van der Waals surface area contributed by atoms with Crippen LogP contribution in [0.4, 0.5) is 4.39 Å². The van der Waals surface area contributed by atoms with Crippen molar-refractivity contribution in [1.82, 2.24) is 0 Å². The van der Waals surface area contributed by atoms with Gasteiger partial charge in [-0.15, -0.1) is 0 Å². The van der Waals surface area contributed by atoms with E-state index in [1.807, 2.05) is 0 Å². The van der Waals surface area contributed by atoms with Crippen LogP contribution in [0.1, 0.15) is 12.8 Å². The van der Waals surface area contributed by atoms with Gasteiger partial charge in [-0.2, -0.15) is 0 Å². The number of alkyl halides is 1. The maximum atomic E-state index is 13.6. The van der Waals surface area contributed by atoms with Crippen molar-refractivity contribution in [3.8, 4) is 0 Å². The van der Waals surface area contributed by atoms with Crippen LogP contribution in [0.3, 0.4) is 0 Å². The average Bonchev–Trinajstić information content (AvgIpc) is 2.69. The molecule has 0 bridgehead atoms. The molecule has 1 atom stereocenters. The van der Waals surface area contributed by atoms with Gasteiger partial charge in [0.2, 0.25) is 0 Å². The van der Waals surface area contributed by atoms with Gasteiger partial charge in [0.15, 0.2) is 5.67 Å². The van der Waals surface area contributed by atoms with E-state index in [0.717, 1.165) is 12.8 Å². The van der Waals surface area contributed by atoms with Crippen molar-refractivity contribution in [2.24, 2.45) is 10.9 Å². The fraction of sp³-hybridized carbons (Fsp3) is 0.625. The smallest absolute Gasteiger partial charge is 0.151 e. The molecule has 2 aliphatic rings. The molecule has 2 rings (SSSR count). The van der Waals surface area contributed by atoms with Crippen LogP contribution in [-0.2, 0) is 0 Å². The van der Waals surface area contributed by atoms with E-state index in [-0.39, 0.29) is 5.92 Å². The molecular formula is C8H10FN. The Balaban J connectivity index is 2.14. The molecule has 2 heteroatoms. The van der Waals surface area contributed by atoms with E-state index in [1.165, 1.54) is 0 Å². The maximum Gasteiger partial charge on any atom is 0.151 e. The summed E-state index contributed by atoms with van der Waals surface area (Å²) >= 11 is 0. The lowest BCUT2D eigenvalue weighted by atomic mass is 9.98. The first-order valence-corrected chi connectivity index (χ1v) is 3.68. The summed E-state index contributed by atoms with van der Waals surface area (Å²) in [5.74, 6) is 0.265. The van der Waals surface area contributed by atoms with Crippen LogP contribution in [0.5, 0.6) is 0 Å². The third-order valence-electron chi connectivity index (χ3n) is 2.15. The van der Waals surface area contributed by atoms with Crippen molar-refractivity contribution in [3.63, 3.8) is 0 Å². The quantitative estimate of drug-likeness (QED) is 0.524. The lowest BCUT2D eigenvalue weighted by molar-refractivity contribution is 0.205. The summed E-state index contributed by atoms with van der Waals surface area (Å²) in [6.45, 7) is 0.341. The molecule has 1 saturated carbocycles. The molecule has 0 aromatic carbocycles. The molecular weight excluding hydrogens is 129 g/mol. The number of nitrogens with zero attached hydrogens (tertiary/aromatic N) is 1. The van der Waals surface area contributed by atoms with Crippen LogP contribution in [0.2, 0.25) is 0 Å². The fourth-order valence-corrected chi connectivity index (χ4v) is 1.34. The zero-order chi connectivity index (χ0) is 7.03. The molecule has 0 aromatic rings. The Morgan fingerprint density at radius 2 is 2.30 bits per heavy atom. The Morgan fingerprint density at radius 1 is 1.50 bits per heavy atom. The van der Waals surface area contributed by atoms with Crippen molar-refractivity contribution < 1.29 is 4.39 Å². The lowest BCUT2D eigenvalue weighted by Crippen LogP contribution is -2.28. The Morgan fingerprint density at radius 3 is 2.80 bits per heavy atom. The number of halogens is 1. The van der Waals surface area contributed by atoms with E-state index in [9.17, 15) is 4.39 Å². The van der Waals surface area contributed by atoms with Gasteiger partial charge in [-0.25, -0.2) is 4.39 Å². The Kier molecular flexibility index (Phi) is 1.16. The predicted octanol–water partition coefficient (Wildman–Crippen LogP) is 1.75. The minimum absolute atomic E-state index is 0.265. The van der Waals surface area contributed by atoms with Crippen LogP contribution in [-0.4, -0.2) is 18.4 Å². The van der Waals surface area contributed by atoms with Crippen LogP contribution in [0, 0.1) is 5.92 Å². The van der Waals surface area contributed by atoms with Crippen LogP contribution in [0.15, 0.2) is 17.1 Å². The van der Waals surface area contributed by atoms with Gasteiger partial charge in [0.05, 0.1) is 6.54 Å². The second-order valence-corrected chi connectivity index (χ2v) is 3.05. The molecule has 1 heterocycles. The Bertz CT molecular complexity index is 193. The van der Waals surface area contributed by atoms with E-state index in [2.05, 4.69) is 4.99 Å². The highest BCUT2D eigenvalue weighted by atomic mass is 19.1. The summed E-state index contributed by atoms with van der Waals surface area (Å²) in [6.07, 6.45) is 7.10. The third kappa shape index (κ3) is 0.877. The molecule has 0 radical (unpaired) electrons. The van der Waals surface area contributed by atoms with Crippen molar-refractivity contribution in [2.75, 3.05) is 6.54 Å². The van der Waals surface area contributed by atoms with Gasteiger partial charge in [-0.3, -0.25) is 4.99 Å².